The number of nitro groups is 1. The zero-order chi connectivity index (χ0) is 7.98. The maximum absolute atomic E-state index is 10.3. The Morgan fingerprint density at radius 2 is 2.30 bits per heavy atom. The number of aliphatic hydroxyl groups excluding tert-OH is 1. The summed E-state index contributed by atoms with van der Waals surface area (Å²) in [6.07, 6.45) is 0. The normalized spacial score (nSPS) is 8.90. The number of amides is 1. The van der Waals surface area contributed by atoms with Crippen LogP contribution in [0.2, 0.25) is 0 Å². The SMILES string of the molecule is O=C(C[N+](=O)[O-])NCCO. The molecule has 0 aliphatic rings. The molecule has 0 atom stereocenters. The predicted octanol–water partition coefficient (Wildman–Crippen LogP) is -1.63. The lowest BCUT2D eigenvalue weighted by Gasteiger charge is -1.96. The molecule has 1 amide bonds. The van der Waals surface area contributed by atoms with Gasteiger partial charge in [0.05, 0.1) is 6.61 Å². The van der Waals surface area contributed by atoms with Gasteiger partial charge in [0.2, 0.25) is 0 Å². The summed E-state index contributed by atoms with van der Waals surface area (Å²) in [6.45, 7) is -0.879. The van der Waals surface area contributed by atoms with Crippen molar-refractivity contribution in [2.45, 2.75) is 0 Å². The van der Waals surface area contributed by atoms with Crippen LogP contribution in [0.1, 0.15) is 0 Å². The van der Waals surface area contributed by atoms with Gasteiger partial charge < -0.3 is 10.4 Å². The highest BCUT2D eigenvalue weighted by Crippen LogP contribution is 1.68. The topological polar surface area (TPSA) is 92.5 Å². The van der Waals surface area contributed by atoms with Crippen LogP contribution in [0, 0.1) is 10.1 Å². The summed E-state index contributed by atoms with van der Waals surface area (Å²) in [6, 6.07) is 0. The molecule has 6 nitrogen and oxygen atoms in total. The fraction of sp³-hybridized carbons (Fsp3) is 0.750. The predicted molar refractivity (Wildman–Crippen MR) is 32.0 cm³/mol. The minimum Gasteiger partial charge on any atom is -0.395 e. The van der Waals surface area contributed by atoms with Crippen LogP contribution in [-0.2, 0) is 4.79 Å². The molecular formula is C4H8N2O4. The van der Waals surface area contributed by atoms with Gasteiger partial charge in [-0.3, -0.25) is 14.9 Å². The molecule has 6 heteroatoms. The van der Waals surface area contributed by atoms with Crippen molar-refractivity contribution in [1.82, 2.24) is 5.32 Å². The van der Waals surface area contributed by atoms with E-state index in [2.05, 4.69) is 5.32 Å². The minimum atomic E-state index is -0.736. The number of nitrogens with zero attached hydrogens (tertiary/aromatic N) is 1. The molecule has 0 aromatic rings. The quantitative estimate of drug-likeness (QED) is 0.370. The average molecular weight is 148 g/mol. The molecule has 2 N–H and O–H groups in total. The van der Waals surface area contributed by atoms with Gasteiger partial charge in [-0.05, 0) is 0 Å². The van der Waals surface area contributed by atoms with Crippen LogP contribution >= 0.6 is 0 Å². The Balaban J connectivity index is 3.35. The number of hydrogen-bond donors (Lipinski definition) is 2. The molecule has 10 heavy (non-hydrogen) atoms. The van der Waals surface area contributed by atoms with Crippen molar-refractivity contribution in [3.05, 3.63) is 10.1 Å². The van der Waals surface area contributed by atoms with Crippen molar-refractivity contribution in [2.24, 2.45) is 0 Å². The maximum atomic E-state index is 10.3. The lowest BCUT2D eigenvalue weighted by Crippen LogP contribution is -2.31. The third-order valence-corrected chi connectivity index (χ3v) is 0.707. The molecule has 0 aliphatic carbocycles. The van der Waals surface area contributed by atoms with E-state index in [9.17, 15) is 14.9 Å². The van der Waals surface area contributed by atoms with Crippen LogP contribution < -0.4 is 5.32 Å². The Bertz CT molecular complexity index is 135. The summed E-state index contributed by atoms with van der Waals surface area (Å²) in [5, 5.41) is 20.0. The number of rotatable bonds is 4. The lowest BCUT2D eigenvalue weighted by atomic mass is 10.5. The Morgan fingerprint density at radius 3 is 2.70 bits per heavy atom. The second kappa shape index (κ2) is 4.68. The number of carbonyl (C=O) groups is 1. The van der Waals surface area contributed by atoms with Crippen LogP contribution in [-0.4, -0.2) is 35.6 Å². The molecule has 58 valence electrons. The van der Waals surface area contributed by atoms with Crippen LogP contribution in [0.5, 0.6) is 0 Å². The number of carbonyl (C=O) groups excluding carboxylic acids is 1. The third-order valence-electron chi connectivity index (χ3n) is 0.707. The zero-order valence-electron chi connectivity index (χ0n) is 5.24. The van der Waals surface area contributed by atoms with Crippen molar-refractivity contribution in [2.75, 3.05) is 19.7 Å². The van der Waals surface area contributed by atoms with Crippen LogP contribution in [0.3, 0.4) is 0 Å². The van der Waals surface area contributed by atoms with Gasteiger partial charge in [-0.1, -0.05) is 0 Å². The summed E-state index contributed by atoms with van der Waals surface area (Å²) < 4.78 is 0. The van der Waals surface area contributed by atoms with Gasteiger partial charge in [0.1, 0.15) is 0 Å². The Hall–Kier alpha value is -1.17. The summed E-state index contributed by atoms with van der Waals surface area (Å²) in [4.78, 5) is 19.3. The number of hydrogen-bond acceptors (Lipinski definition) is 4. The van der Waals surface area contributed by atoms with Crippen molar-refractivity contribution < 1.29 is 14.8 Å². The average Bonchev–Trinajstić information content (AvgIpc) is 1.82. The summed E-state index contributed by atoms with van der Waals surface area (Å²) in [7, 11) is 0. The summed E-state index contributed by atoms with van der Waals surface area (Å²) >= 11 is 0. The van der Waals surface area contributed by atoms with Gasteiger partial charge in [0.15, 0.2) is 0 Å². The third kappa shape index (κ3) is 4.98. The number of nitrogens with one attached hydrogen (secondary N) is 1. The first kappa shape index (κ1) is 8.83. The van der Waals surface area contributed by atoms with Crippen molar-refractivity contribution in [3.8, 4) is 0 Å². The smallest absolute Gasteiger partial charge is 0.291 e. The Morgan fingerprint density at radius 1 is 1.70 bits per heavy atom. The van der Waals surface area contributed by atoms with E-state index < -0.39 is 17.4 Å². The Kier molecular flexibility index (Phi) is 4.14. The monoisotopic (exact) mass is 148 g/mol. The van der Waals surface area contributed by atoms with Crippen molar-refractivity contribution >= 4 is 5.91 Å². The minimum absolute atomic E-state index is 0.0622. The molecule has 0 saturated carbocycles. The standard InChI is InChI=1S/C4H8N2O4/c7-2-1-5-4(8)3-6(9)10/h7H,1-3H2,(H,5,8). The lowest BCUT2D eigenvalue weighted by molar-refractivity contribution is -0.467. The first-order valence-corrected chi connectivity index (χ1v) is 2.66. The second-order valence-electron chi connectivity index (χ2n) is 1.56. The van der Waals surface area contributed by atoms with Crippen LogP contribution in [0.4, 0.5) is 0 Å². The van der Waals surface area contributed by atoms with E-state index in [4.69, 9.17) is 5.11 Å². The number of aliphatic hydroxyl groups is 1. The molecule has 0 radical (unpaired) electrons. The molecule has 0 heterocycles. The van der Waals surface area contributed by atoms with E-state index in [0.717, 1.165) is 0 Å². The van der Waals surface area contributed by atoms with E-state index in [1.165, 1.54) is 0 Å². The van der Waals surface area contributed by atoms with E-state index >= 15 is 0 Å². The largest absolute Gasteiger partial charge is 0.395 e. The highest BCUT2D eigenvalue weighted by Gasteiger charge is 2.06. The van der Waals surface area contributed by atoms with Crippen molar-refractivity contribution in [3.63, 3.8) is 0 Å². The molecule has 0 saturated heterocycles. The highest BCUT2D eigenvalue weighted by molar-refractivity contribution is 5.76. The molecule has 0 rings (SSSR count). The van der Waals surface area contributed by atoms with E-state index in [-0.39, 0.29) is 13.2 Å². The molecule has 0 aromatic carbocycles. The first-order valence-electron chi connectivity index (χ1n) is 2.66. The molecule has 0 aliphatic heterocycles. The van der Waals surface area contributed by atoms with E-state index in [0.29, 0.717) is 0 Å². The summed E-state index contributed by atoms with van der Waals surface area (Å²) in [5.74, 6) is -0.681. The molecule has 0 fully saturated rings. The highest BCUT2D eigenvalue weighted by atomic mass is 16.6. The van der Waals surface area contributed by atoms with E-state index in [1.54, 1.807) is 0 Å². The van der Waals surface area contributed by atoms with Gasteiger partial charge in [0.25, 0.3) is 12.5 Å². The van der Waals surface area contributed by atoms with Crippen LogP contribution in [0.15, 0.2) is 0 Å². The molecule has 0 bridgehead atoms. The zero-order valence-corrected chi connectivity index (χ0v) is 5.24. The van der Waals surface area contributed by atoms with Gasteiger partial charge in [-0.25, -0.2) is 0 Å². The van der Waals surface area contributed by atoms with Crippen LogP contribution in [0.25, 0.3) is 0 Å². The fourth-order valence-corrected chi connectivity index (χ4v) is 0.368. The maximum Gasteiger partial charge on any atom is 0.291 e. The molecular weight excluding hydrogens is 140 g/mol. The molecule has 0 aromatic heterocycles. The first-order chi connectivity index (χ1) is 4.66. The van der Waals surface area contributed by atoms with E-state index in [1.807, 2.05) is 0 Å². The van der Waals surface area contributed by atoms with Gasteiger partial charge in [-0.2, -0.15) is 0 Å². The van der Waals surface area contributed by atoms with Crippen molar-refractivity contribution in [1.29, 1.82) is 0 Å². The fourth-order valence-electron chi connectivity index (χ4n) is 0.368. The Labute approximate surface area is 57.0 Å². The second-order valence-corrected chi connectivity index (χ2v) is 1.56. The molecule has 0 spiro atoms. The van der Waals surface area contributed by atoms with Gasteiger partial charge >= 0.3 is 0 Å². The molecule has 0 unspecified atom stereocenters. The van der Waals surface area contributed by atoms with Gasteiger partial charge in [-0.15, -0.1) is 0 Å². The summed E-state index contributed by atoms with van der Waals surface area (Å²) in [5.41, 5.74) is 0. The van der Waals surface area contributed by atoms with Gasteiger partial charge in [0, 0.05) is 11.5 Å².